The van der Waals surface area contributed by atoms with Crippen molar-refractivity contribution in [3.63, 3.8) is 0 Å². The Morgan fingerprint density at radius 2 is 1.65 bits per heavy atom. The van der Waals surface area contributed by atoms with E-state index in [1.807, 2.05) is 0 Å². The maximum Gasteiger partial charge on any atom is 0.349 e. The van der Waals surface area contributed by atoms with E-state index in [2.05, 4.69) is 6.92 Å². The molecule has 0 aromatic heterocycles. The molecule has 0 aliphatic heterocycles. The first kappa shape index (κ1) is 21.6. The highest BCUT2D eigenvalue weighted by atomic mass is 16.6. The highest BCUT2D eigenvalue weighted by Gasteiger charge is 2.20. The number of nitro groups is 1. The number of nitro benzene ring substituents is 1. The minimum Gasteiger partial charge on any atom is -0.496 e. The average Bonchev–Trinajstić information content (AvgIpc) is 2.63. The van der Waals surface area contributed by atoms with Crippen LogP contribution in [0.1, 0.15) is 75.1 Å². The van der Waals surface area contributed by atoms with E-state index in [0.717, 1.165) is 25.3 Å². The molecule has 1 aromatic carbocycles. The monoisotopic (exact) mass is 365 g/mol. The molecule has 0 unspecified atom stereocenters. The van der Waals surface area contributed by atoms with Crippen molar-refractivity contribution in [2.45, 2.75) is 64.7 Å². The number of non-ortho nitro benzene ring substituents is 1. The summed E-state index contributed by atoms with van der Waals surface area (Å²) in [6.07, 6.45) is 8.97. The summed E-state index contributed by atoms with van der Waals surface area (Å²) in [5, 5.41) is 10.8. The van der Waals surface area contributed by atoms with Crippen LogP contribution in [0.15, 0.2) is 18.2 Å². The smallest absolute Gasteiger partial charge is 0.349 e. The standard InChI is InChI=1S/C19H27NO6/c1-3-4-5-6-7-8-9-10-11-18(21)26-19(22)16-13-12-15(20(23)24)14-17(16)25-2/h12-14H,3-11H2,1-2H3. The first-order chi connectivity index (χ1) is 12.5. The molecule has 7 nitrogen and oxygen atoms in total. The minimum atomic E-state index is -0.860. The molecule has 0 radical (unpaired) electrons. The lowest BCUT2D eigenvalue weighted by Crippen LogP contribution is -2.13. The van der Waals surface area contributed by atoms with Gasteiger partial charge in [0.2, 0.25) is 0 Å². The largest absolute Gasteiger partial charge is 0.496 e. The maximum atomic E-state index is 12.1. The van der Waals surface area contributed by atoms with Crippen LogP contribution in [0.4, 0.5) is 5.69 Å². The van der Waals surface area contributed by atoms with E-state index < -0.39 is 16.9 Å². The van der Waals surface area contributed by atoms with Gasteiger partial charge in [-0.2, -0.15) is 0 Å². The molecule has 0 bridgehead atoms. The van der Waals surface area contributed by atoms with Crippen molar-refractivity contribution < 1.29 is 24.0 Å². The molecule has 0 aliphatic rings. The van der Waals surface area contributed by atoms with Crippen LogP contribution in [0, 0.1) is 10.1 Å². The number of hydrogen-bond acceptors (Lipinski definition) is 6. The second-order valence-electron chi connectivity index (χ2n) is 6.13. The fraction of sp³-hybridized carbons (Fsp3) is 0.579. The van der Waals surface area contributed by atoms with Crippen LogP contribution in [0.3, 0.4) is 0 Å². The predicted molar refractivity (Wildman–Crippen MR) is 97.3 cm³/mol. The van der Waals surface area contributed by atoms with Gasteiger partial charge in [-0.05, 0) is 12.5 Å². The molecule has 144 valence electrons. The molecule has 7 heteroatoms. The number of carbonyl (C=O) groups is 2. The molecule has 0 saturated heterocycles. The molecule has 1 rings (SSSR count). The molecular weight excluding hydrogens is 338 g/mol. The summed E-state index contributed by atoms with van der Waals surface area (Å²) in [6.45, 7) is 2.18. The topological polar surface area (TPSA) is 95.7 Å². The van der Waals surface area contributed by atoms with Gasteiger partial charge in [0.15, 0.2) is 0 Å². The molecule has 0 aliphatic carbocycles. The molecule has 0 heterocycles. The van der Waals surface area contributed by atoms with Crippen molar-refractivity contribution in [1.82, 2.24) is 0 Å². The summed E-state index contributed by atoms with van der Waals surface area (Å²) in [7, 11) is 1.29. The lowest BCUT2D eigenvalue weighted by atomic mass is 10.1. The Kier molecular flexibility index (Phi) is 9.97. The van der Waals surface area contributed by atoms with Crippen LogP contribution in [0.2, 0.25) is 0 Å². The van der Waals surface area contributed by atoms with Gasteiger partial charge in [0.1, 0.15) is 11.3 Å². The van der Waals surface area contributed by atoms with Crippen LogP contribution in [-0.4, -0.2) is 24.0 Å². The first-order valence-electron chi connectivity index (χ1n) is 9.07. The van der Waals surface area contributed by atoms with E-state index in [0.29, 0.717) is 6.42 Å². The van der Waals surface area contributed by atoms with Gasteiger partial charge in [0.25, 0.3) is 5.69 Å². The summed E-state index contributed by atoms with van der Waals surface area (Å²) in [6, 6.07) is 3.52. The molecular formula is C19H27NO6. The van der Waals surface area contributed by atoms with E-state index in [9.17, 15) is 19.7 Å². The fourth-order valence-corrected chi connectivity index (χ4v) is 2.57. The van der Waals surface area contributed by atoms with Gasteiger partial charge >= 0.3 is 11.9 Å². The van der Waals surface area contributed by atoms with Gasteiger partial charge < -0.3 is 9.47 Å². The summed E-state index contributed by atoms with van der Waals surface area (Å²) < 4.78 is 9.79. The van der Waals surface area contributed by atoms with Gasteiger partial charge in [-0.25, -0.2) is 4.79 Å². The Balaban J connectivity index is 2.38. The number of carbonyl (C=O) groups excluding carboxylic acids is 2. The number of methoxy groups -OCH3 is 1. The third-order valence-electron chi connectivity index (χ3n) is 4.06. The van der Waals surface area contributed by atoms with E-state index in [1.54, 1.807) is 0 Å². The van der Waals surface area contributed by atoms with Crippen molar-refractivity contribution in [3.8, 4) is 5.75 Å². The van der Waals surface area contributed by atoms with Gasteiger partial charge in [0, 0.05) is 12.5 Å². The second kappa shape index (κ2) is 12.0. The number of ether oxygens (including phenoxy) is 2. The predicted octanol–water partition coefficient (Wildman–Crippen LogP) is 4.82. The maximum absolute atomic E-state index is 12.1. The molecule has 0 fully saturated rings. The van der Waals surface area contributed by atoms with E-state index >= 15 is 0 Å². The van der Waals surface area contributed by atoms with Crippen LogP contribution in [0.25, 0.3) is 0 Å². The first-order valence-corrected chi connectivity index (χ1v) is 9.07. The third-order valence-corrected chi connectivity index (χ3v) is 4.06. The normalized spacial score (nSPS) is 10.4. The zero-order valence-corrected chi connectivity index (χ0v) is 15.5. The number of nitrogens with zero attached hydrogens (tertiary/aromatic N) is 1. The Bertz CT molecular complexity index is 614. The van der Waals surface area contributed by atoms with Crippen molar-refractivity contribution >= 4 is 17.6 Å². The summed E-state index contributed by atoms with van der Waals surface area (Å²) in [4.78, 5) is 34.0. The lowest BCUT2D eigenvalue weighted by molar-refractivity contribution is -0.384. The summed E-state index contributed by atoms with van der Waals surface area (Å²) >= 11 is 0. The van der Waals surface area contributed by atoms with Gasteiger partial charge in [0.05, 0.1) is 18.1 Å². The van der Waals surface area contributed by atoms with Crippen LogP contribution >= 0.6 is 0 Å². The molecule has 1 aromatic rings. The van der Waals surface area contributed by atoms with Crippen molar-refractivity contribution in [3.05, 3.63) is 33.9 Å². The number of rotatable bonds is 12. The average molecular weight is 365 g/mol. The Labute approximate surface area is 153 Å². The van der Waals surface area contributed by atoms with Crippen LogP contribution in [0.5, 0.6) is 5.75 Å². The fourth-order valence-electron chi connectivity index (χ4n) is 2.57. The zero-order valence-electron chi connectivity index (χ0n) is 15.5. The molecule has 0 atom stereocenters. The molecule has 0 spiro atoms. The Morgan fingerprint density at radius 3 is 2.23 bits per heavy atom. The highest BCUT2D eigenvalue weighted by Crippen LogP contribution is 2.25. The third kappa shape index (κ3) is 7.63. The van der Waals surface area contributed by atoms with Gasteiger partial charge in [-0.1, -0.05) is 51.9 Å². The van der Waals surface area contributed by atoms with E-state index in [-0.39, 0.29) is 23.4 Å². The van der Waals surface area contributed by atoms with Crippen LogP contribution in [-0.2, 0) is 9.53 Å². The van der Waals surface area contributed by atoms with E-state index in [1.165, 1.54) is 44.9 Å². The Morgan fingerprint density at radius 1 is 1.04 bits per heavy atom. The van der Waals surface area contributed by atoms with Crippen molar-refractivity contribution in [1.29, 1.82) is 0 Å². The molecule has 0 amide bonds. The second-order valence-corrected chi connectivity index (χ2v) is 6.13. The summed E-state index contributed by atoms with van der Waals surface area (Å²) in [5.74, 6) is -1.45. The zero-order chi connectivity index (χ0) is 19.4. The minimum absolute atomic E-state index is 0.00378. The summed E-state index contributed by atoms with van der Waals surface area (Å²) in [5.41, 5.74) is -0.217. The number of benzene rings is 1. The van der Waals surface area contributed by atoms with Crippen molar-refractivity contribution in [2.75, 3.05) is 7.11 Å². The molecule has 0 N–H and O–H groups in total. The van der Waals surface area contributed by atoms with Gasteiger partial charge in [-0.15, -0.1) is 0 Å². The highest BCUT2D eigenvalue weighted by molar-refractivity contribution is 5.99. The van der Waals surface area contributed by atoms with E-state index in [4.69, 9.17) is 9.47 Å². The van der Waals surface area contributed by atoms with Crippen molar-refractivity contribution in [2.24, 2.45) is 0 Å². The van der Waals surface area contributed by atoms with Crippen LogP contribution < -0.4 is 4.74 Å². The SMILES string of the molecule is CCCCCCCCCCC(=O)OC(=O)c1ccc([N+](=O)[O-])cc1OC. The number of hydrogen-bond donors (Lipinski definition) is 0. The molecule has 26 heavy (non-hydrogen) atoms. The number of esters is 2. The lowest BCUT2D eigenvalue weighted by Gasteiger charge is -2.07. The quantitative estimate of drug-likeness (QED) is 0.173. The van der Waals surface area contributed by atoms with Gasteiger partial charge in [-0.3, -0.25) is 14.9 Å². The molecule has 0 saturated carbocycles. The number of unbranched alkanes of at least 4 members (excludes halogenated alkanes) is 7. The Hall–Kier alpha value is -2.44.